The number of aliphatic hydroxyl groups excluding tert-OH is 1. The summed E-state index contributed by atoms with van der Waals surface area (Å²) in [7, 11) is 0. The van der Waals surface area contributed by atoms with Gasteiger partial charge in [-0.25, -0.2) is 9.78 Å². The zero-order valence-corrected chi connectivity index (χ0v) is 22.3. The van der Waals surface area contributed by atoms with Gasteiger partial charge in [0.15, 0.2) is 0 Å². The van der Waals surface area contributed by atoms with E-state index in [0.29, 0.717) is 54.6 Å². The van der Waals surface area contributed by atoms with Crippen molar-refractivity contribution >= 4 is 23.6 Å². The maximum absolute atomic E-state index is 13.7. The van der Waals surface area contributed by atoms with E-state index >= 15 is 0 Å². The number of likely N-dealkylation sites (N-methyl/N-ethyl adjacent to an activating group) is 1. The molecule has 3 atom stereocenters. The molecule has 0 spiro atoms. The molecule has 4 heterocycles. The summed E-state index contributed by atoms with van der Waals surface area (Å²) in [6.45, 7) is 9.59. The Bertz CT molecular complexity index is 1190. The molecule has 0 aliphatic carbocycles. The van der Waals surface area contributed by atoms with Gasteiger partial charge in [-0.05, 0) is 52.7 Å². The molecule has 2 aromatic rings. The molecule has 2 fully saturated rings. The number of nitrogens with zero attached hydrogens (tertiary/aromatic N) is 4. The number of hydrogen-bond donors (Lipinski definition) is 2. The van der Waals surface area contributed by atoms with Crippen LogP contribution in [0.1, 0.15) is 50.9 Å². The fraction of sp³-hybridized carbons (Fsp3) is 0.556. The number of carbonyl (C=O) groups excluding carboxylic acids is 2. The SMILES string of the molecule is CCN1CC(C)(C)Oc2nc(N3CC4CCC(C3)O4)nc(-c3ccc(NC(=O)OCC(C)O)cc3)c2C1=O. The van der Waals surface area contributed by atoms with Crippen molar-refractivity contribution in [2.75, 3.05) is 43.0 Å². The molecule has 38 heavy (non-hydrogen) atoms. The summed E-state index contributed by atoms with van der Waals surface area (Å²) in [6.07, 6.45) is 0.907. The van der Waals surface area contributed by atoms with E-state index in [0.717, 1.165) is 12.8 Å². The van der Waals surface area contributed by atoms with Gasteiger partial charge in [0.2, 0.25) is 11.8 Å². The summed E-state index contributed by atoms with van der Waals surface area (Å²) in [4.78, 5) is 39.3. The third kappa shape index (κ3) is 5.53. The van der Waals surface area contributed by atoms with Crippen molar-refractivity contribution in [3.8, 4) is 17.1 Å². The van der Waals surface area contributed by atoms with E-state index in [4.69, 9.17) is 24.2 Å². The number of aliphatic hydroxyl groups is 1. The topological polar surface area (TPSA) is 126 Å². The number of morpholine rings is 1. The first-order valence-corrected chi connectivity index (χ1v) is 13.1. The molecule has 11 heteroatoms. The Morgan fingerprint density at radius 1 is 1.21 bits per heavy atom. The van der Waals surface area contributed by atoms with Gasteiger partial charge in [-0.1, -0.05) is 12.1 Å². The lowest BCUT2D eigenvalue weighted by Gasteiger charge is -2.33. The minimum Gasteiger partial charge on any atom is -0.469 e. The first-order chi connectivity index (χ1) is 18.1. The van der Waals surface area contributed by atoms with Gasteiger partial charge in [0.25, 0.3) is 5.91 Å². The van der Waals surface area contributed by atoms with Crippen molar-refractivity contribution in [3.05, 3.63) is 29.8 Å². The van der Waals surface area contributed by atoms with Gasteiger partial charge in [-0.3, -0.25) is 10.1 Å². The average Bonchev–Trinajstić information content (AvgIpc) is 3.17. The fourth-order valence-corrected chi connectivity index (χ4v) is 5.12. The molecule has 3 aliphatic rings. The zero-order chi connectivity index (χ0) is 27.0. The molecular weight excluding hydrogens is 490 g/mol. The molecule has 0 saturated carbocycles. The first-order valence-electron chi connectivity index (χ1n) is 13.1. The van der Waals surface area contributed by atoms with Gasteiger partial charge >= 0.3 is 6.09 Å². The zero-order valence-electron chi connectivity index (χ0n) is 22.3. The minimum atomic E-state index is -0.751. The lowest BCUT2D eigenvalue weighted by molar-refractivity contribution is 0.0297. The van der Waals surface area contributed by atoms with Crippen LogP contribution < -0.4 is 15.0 Å². The Balaban J connectivity index is 1.52. The lowest BCUT2D eigenvalue weighted by atomic mass is 10.0. The molecule has 0 radical (unpaired) electrons. The molecule has 3 unspecified atom stereocenters. The molecule has 5 rings (SSSR count). The molecule has 2 bridgehead atoms. The number of aromatic nitrogens is 2. The Labute approximate surface area is 222 Å². The number of hydrogen-bond acceptors (Lipinski definition) is 9. The predicted octanol–water partition coefficient (Wildman–Crippen LogP) is 3.07. The quantitative estimate of drug-likeness (QED) is 0.585. The summed E-state index contributed by atoms with van der Waals surface area (Å²) in [5, 5.41) is 12.0. The van der Waals surface area contributed by atoms with Gasteiger partial charge in [0.1, 0.15) is 17.8 Å². The van der Waals surface area contributed by atoms with Crippen LogP contribution in [0.5, 0.6) is 5.88 Å². The molecule has 2 N–H and O–H groups in total. The van der Waals surface area contributed by atoms with E-state index in [9.17, 15) is 14.7 Å². The third-order valence-electron chi connectivity index (χ3n) is 6.88. The molecule has 2 saturated heterocycles. The van der Waals surface area contributed by atoms with Gasteiger partial charge in [0.05, 0.1) is 30.6 Å². The van der Waals surface area contributed by atoms with E-state index in [1.807, 2.05) is 20.8 Å². The second-order valence-electron chi connectivity index (χ2n) is 10.7. The van der Waals surface area contributed by atoms with Crippen molar-refractivity contribution in [1.82, 2.24) is 14.9 Å². The highest BCUT2D eigenvalue weighted by Crippen LogP contribution is 2.37. The van der Waals surface area contributed by atoms with Crippen LogP contribution in [0.3, 0.4) is 0 Å². The van der Waals surface area contributed by atoms with E-state index < -0.39 is 17.8 Å². The molecule has 11 nitrogen and oxygen atoms in total. The predicted molar refractivity (Wildman–Crippen MR) is 141 cm³/mol. The third-order valence-corrected chi connectivity index (χ3v) is 6.88. The highest BCUT2D eigenvalue weighted by molar-refractivity contribution is 6.02. The number of rotatable bonds is 6. The molecule has 2 amide bonds. The van der Waals surface area contributed by atoms with Gasteiger partial charge in [-0.15, -0.1) is 0 Å². The number of benzene rings is 1. The van der Waals surface area contributed by atoms with Gasteiger partial charge in [0, 0.05) is 30.9 Å². The second kappa shape index (κ2) is 10.4. The number of ether oxygens (including phenoxy) is 3. The fourth-order valence-electron chi connectivity index (χ4n) is 5.12. The standard InChI is InChI=1S/C27H35N5O6/c1-5-31-15-27(3,4)38-23-21(24(31)34)22(29-25(30-23)32-12-19-10-11-20(13-32)37-19)17-6-8-18(9-7-17)28-26(35)36-14-16(2)33/h6-9,16,19-20,33H,5,10-15H2,1-4H3,(H,28,35). The first kappa shape index (κ1) is 26.2. The van der Waals surface area contributed by atoms with E-state index in [-0.39, 0.29) is 30.6 Å². The van der Waals surface area contributed by atoms with Crippen LogP contribution >= 0.6 is 0 Å². The van der Waals surface area contributed by atoms with E-state index in [1.165, 1.54) is 6.92 Å². The molecule has 1 aromatic carbocycles. The van der Waals surface area contributed by atoms with Crippen LogP contribution in [-0.4, -0.2) is 88.7 Å². The van der Waals surface area contributed by atoms with Crippen LogP contribution in [0, 0.1) is 0 Å². The van der Waals surface area contributed by atoms with Crippen molar-refractivity contribution < 1.29 is 28.9 Å². The van der Waals surface area contributed by atoms with Gasteiger partial charge < -0.3 is 29.1 Å². The summed E-state index contributed by atoms with van der Waals surface area (Å²) < 4.78 is 17.3. The smallest absolute Gasteiger partial charge is 0.411 e. The van der Waals surface area contributed by atoms with Crippen LogP contribution in [0.15, 0.2) is 24.3 Å². The summed E-state index contributed by atoms with van der Waals surface area (Å²) in [5.41, 5.74) is 1.37. The normalized spacial score (nSPS) is 22.8. The Morgan fingerprint density at radius 2 is 1.89 bits per heavy atom. The van der Waals surface area contributed by atoms with Crippen LogP contribution in [0.4, 0.5) is 16.4 Å². The highest BCUT2D eigenvalue weighted by Gasteiger charge is 2.39. The molecule has 1 aromatic heterocycles. The summed E-state index contributed by atoms with van der Waals surface area (Å²) in [5.74, 6) is 0.607. The van der Waals surface area contributed by atoms with Gasteiger partial charge in [-0.2, -0.15) is 4.98 Å². The number of fused-ring (bicyclic) bond motifs is 3. The molecule has 204 valence electrons. The number of anilines is 2. The Hall–Kier alpha value is -3.44. The largest absolute Gasteiger partial charge is 0.469 e. The number of nitrogens with one attached hydrogen (secondary N) is 1. The Morgan fingerprint density at radius 3 is 2.53 bits per heavy atom. The van der Waals surface area contributed by atoms with E-state index in [2.05, 4.69) is 10.2 Å². The molecule has 3 aliphatic heterocycles. The Kier molecular flexibility index (Phi) is 7.15. The highest BCUT2D eigenvalue weighted by atomic mass is 16.6. The minimum absolute atomic E-state index is 0.102. The van der Waals surface area contributed by atoms with Crippen molar-refractivity contribution in [1.29, 1.82) is 0 Å². The van der Waals surface area contributed by atoms with Crippen molar-refractivity contribution in [2.45, 2.75) is 64.4 Å². The molecular formula is C27H35N5O6. The van der Waals surface area contributed by atoms with Crippen molar-refractivity contribution in [3.63, 3.8) is 0 Å². The second-order valence-corrected chi connectivity index (χ2v) is 10.7. The van der Waals surface area contributed by atoms with Crippen LogP contribution in [0.2, 0.25) is 0 Å². The summed E-state index contributed by atoms with van der Waals surface area (Å²) >= 11 is 0. The maximum atomic E-state index is 13.7. The monoisotopic (exact) mass is 525 g/mol. The average molecular weight is 526 g/mol. The number of amides is 2. The van der Waals surface area contributed by atoms with Crippen LogP contribution in [-0.2, 0) is 9.47 Å². The lowest BCUT2D eigenvalue weighted by Crippen LogP contribution is -2.43. The maximum Gasteiger partial charge on any atom is 0.411 e. The van der Waals surface area contributed by atoms with E-state index in [1.54, 1.807) is 29.2 Å². The number of carbonyl (C=O) groups is 2. The summed E-state index contributed by atoms with van der Waals surface area (Å²) in [6, 6.07) is 7.01. The van der Waals surface area contributed by atoms with Crippen molar-refractivity contribution in [2.24, 2.45) is 0 Å². The van der Waals surface area contributed by atoms with Crippen LogP contribution in [0.25, 0.3) is 11.3 Å².